The Morgan fingerprint density at radius 1 is 1.53 bits per heavy atom. The summed E-state index contributed by atoms with van der Waals surface area (Å²) in [7, 11) is 1.44. The fourth-order valence-corrected chi connectivity index (χ4v) is 2.24. The van der Waals surface area contributed by atoms with Crippen LogP contribution in [0.4, 0.5) is 0 Å². The van der Waals surface area contributed by atoms with Crippen LogP contribution < -0.4 is 10.1 Å². The van der Waals surface area contributed by atoms with Crippen LogP contribution in [0.1, 0.15) is 21.1 Å². The van der Waals surface area contributed by atoms with Gasteiger partial charge in [-0.3, -0.25) is 4.79 Å². The molecule has 0 bridgehead atoms. The van der Waals surface area contributed by atoms with Gasteiger partial charge in [0.25, 0.3) is 5.91 Å². The second kappa shape index (κ2) is 5.71. The standard InChI is InChI=1S/C13H14N2O3S/c1-8-15-9(7-19-8)6-14-13(17)10-4-3-5-11(18-2)12(10)16/h3-5,7,16H,6H2,1-2H3,(H,14,17). The van der Waals surface area contributed by atoms with E-state index in [1.165, 1.54) is 18.4 Å². The SMILES string of the molecule is COc1cccc(C(=O)NCc2csc(C)n2)c1O. The van der Waals surface area contributed by atoms with Gasteiger partial charge in [0.2, 0.25) is 0 Å². The van der Waals surface area contributed by atoms with Crippen LogP contribution in [0.3, 0.4) is 0 Å². The van der Waals surface area contributed by atoms with Crippen molar-refractivity contribution < 1.29 is 14.6 Å². The van der Waals surface area contributed by atoms with Crippen LogP contribution in [0.5, 0.6) is 11.5 Å². The predicted molar refractivity (Wildman–Crippen MR) is 72.7 cm³/mol. The molecule has 6 heteroatoms. The number of methoxy groups -OCH3 is 1. The van der Waals surface area contributed by atoms with Gasteiger partial charge < -0.3 is 15.2 Å². The highest BCUT2D eigenvalue weighted by atomic mass is 32.1. The van der Waals surface area contributed by atoms with E-state index in [-0.39, 0.29) is 23.0 Å². The summed E-state index contributed by atoms with van der Waals surface area (Å²) in [5, 5.41) is 15.4. The van der Waals surface area contributed by atoms with Gasteiger partial charge in [-0.15, -0.1) is 11.3 Å². The average Bonchev–Trinajstić information content (AvgIpc) is 2.82. The van der Waals surface area contributed by atoms with Crippen molar-refractivity contribution in [2.75, 3.05) is 7.11 Å². The number of nitrogens with zero attached hydrogens (tertiary/aromatic N) is 1. The number of carbonyl (C=O) groups excluding carboxylic acids is 1. The summed E-state index contributed by atoms with van der Waals surface area (Å²) in [5.41, 5.74) is 0.990. The van der Waals surface area contributed by atoms with Crippen molar-refractivity contribution in [3.05, 3.63) is 39.8 Å². The number of para-hydroxylation sites is 1. The molecule has 2 rings (SSSR count). The van der Waals surface area contributed by atoms with Gasteiger partial charge in [0, 0.05) is 5.38 Å². The van der Waals surface area contributed by atoms with Crippen molar-refractivity contribution in [2.45, 2.75) is 13.5 Å². The summed E-state index contributed by atoms with van der Waals surface area (Å²) in [6, 6.07) is 4.79. The van der Waals surface area contributed by atoms with Crippen molar-refractivity contribution in [3.8, 4) is 11.5 Å². The fraction of sp³-hybridized carbons (Fsp3) is 0.231. The number of carbonyl (C=O) groups is 1. The number of aromatic nitrogens is 1. The number of hydrogen-bond acceptors (Lipinski definition) is 5. The van der Waals surface area contributed by atoms with Gasteiger partial charge in [0.05, 0.1) is 29.9 Å². The molecular weight excluding hydrogens is 264 g/mol. The van der Waals surface area contributed by atoms with Gasteiger partial charge >= 0.3 is 0 Å². The number of phenols is 1. The smallest absolute Gasteiger partial charge is 0.255 e. The summed E-state index contributed by atoms with van der Waals surface area (Å²) in [5.74, 6) is -0.240. The van der Waals surface area contributed by atoms with Crippen molar-refractivity contribution in [3.63, 3.8) is 0 Å². The van der Waals surface area contributed by atoms with Crippen LogP contribution in [0, 0.1) is 6.92 Å². The monoisotopic (exact) mass is 278 g/mol. The highest BCUT2D eigenvalue weighted by Gasteiger charge is 2.14. The van der Waals surface area contributed by atoms with Gasteiger partial charge in [0.15, 0.2) is 11.5 Å². The van der Waals surface area contributed by atoms with Gasteiger partial charge in [-0.1, -0.05) is 6.07 Å². The lowest BCUT2D eigenvalue weighted by atomic mass is 10.1. The van der Waals surface area contributed by atoms with Crippen molar-refractivity contribution in [2.24, 2.45) is 0 Å². The Kier molecular flexibility index (Phi) is 4.01. The molecule has 5 nitrogen and oxygen atoms in total. The van der Waals surface area contributed by atoms with Crippen LogP contribution >= 0.6 is 11.3 Å². The van der Waals surface area contributed by atoms with Crippen molar-refractivity contribution >= 4 is 17.2 Å². The highest BCUT2D eigenvalue weighted by Crippen LogP contribution is 2.29. The number of phenolic OH excluding ortho intramolecular Hbond substituents is 1. The normalized spacial score (nSPS) is 10.2. The number of benzene rings is 1. The third-order valence-electron chi connectivity index (χ3n) is 2.56. The Morgan fingerprint density at radius 3 is 2.95 bits per heavy atom. The Labute approximate surface area is 114 Å². The molecular formula is C13H14N2O3S. The molecule has 1 aromatic heterocycles. The largest absolute Gasteiger partial charge is 0.504 e. The zero-order valence-electron chi connectivity index (χ0n) is 10.6. The number of nitrogens with one attached hydrogen (secondary N) is 1. The highest BCUT2D eigenvalue weighted by molar-refractivity contribution is 7.09. The minimum Gasteiger partial charge on any atom is -0.504 e. The van der Waals surface area contributed by atoms with Crippen molar-refractivity contribution in [1.82, 2.24) is 10.3 Å². The number of aromatic hydroxyl groups is 1. The lowest BCUT2D eigenvalue weighted by Crippen LogP contribution is -2.23. The van der Waals surface area contributed by atoms with E-state index in [1.54, 1.807) is 18.2 Å². The quantitative estimate of drug-likeness (QED) is 0.898. The lowest BCUT2D eigenvalue weighted by molar-refractivity contribution is 0.0947. The maximum Gasteiger partial charge on any atom is 0.255 e. The molecule has 0 radical (unpaired) electrons. The number of amides is 1. The molecule has 19 heavy (non-hydrogen) atoms. The Bertz CT molecular complexity index is 595. The number of thiazole rings is 1. The van der Waals surface area contributed by atoms with Gasteiger partial charge in [-0.05, 0) is 19.1 Å². The maximum absolute atomic E-state index is 12.0. The topological polar surface area (TPSA) is 71.5 Å². The van der Waals surface area contributed by atoms with E-state index < -0.39 is 0 Å². The minimum absolute atomic E-state index is 0.156. The van der Waals surface area contributed by atoms with Crippen LogP contribution in [0.25, 0.3) is 0 Å². The van der Waals surface area contributed by atoms with Gasteiger partial charge in [-0.2, -0.15) is 0 Å². The van der Waals surface area contributed by atoms with Gasteiger partial charge in [-0.25, -0.2) is 4.98 Å². The first-order valence-corrected chi connectivity index (χ1v) is 6.55. The van der Waals surface area contributed by atoms with Crippen LogP contribution in [-0.2, 0) is 6.54 Å². The Hall–Kier alpha value is -2.08. The van der Waals surface area contributed by atoms with E-state index in [1.807, 2.05) is 12.3 Å². The van der Waals surface area contributed by atoms with E-state index in [4.69, 9.17) is 4.74 Å². The first-order chi connectivity index (χ1) is 9.11. The molecule has 0 aliphatic heterocycles. The predicted octanol–water partition coefficient (Wildman–Crippen LogP) is 2.10. The Morgan fingerprint density at radius 2 is 2.32 bits per heavy atom. The third-order valence-corrected chi connectivity index (χ3v) is 3.38. The molecule has 0 fully saturated rings. The number of ether oxygens (including phenoxy) is 1. The first-order valence-electron chi connectivity index (χ1n) is 5.67. The second-order valence-corrected chi connectivity index (χ2v) is 4.96. The first kappa shape index (κ1) is 13.4. The van der Waals surface area contributed by atoms with Crippen molar-refractivity contribution in [1.29, 1.82) is 0 Å². The third kappa shape index (κ3) is 3.03. The van der Waals surface area contributed by atoms with E-state index >= 15 is 0 Å². The maximum atomic E-state index is 12.0. The molecule has 2 N–H and O–H groups in total. The molecule has 2 aromatic rings. The molecule has 1 aromatic carbocycles. The molecule has 100 valence electrons. The zero-order chi connectivity index (χ0) is 13.8. The molecule has 1 amide bonds. The van der Waals surface area contributed by atoms with Crippen LogP contribution in [-0.4, -0.2) is 23.1 Å². The molecule has 0 aliphatic rings. The van der Waals surface area contributed by atoms with E-state index in [0.29, 0.717) is 6.54 Å². The molecule has 0 spiro atoms. The summed E-state index contributed by atoms with van der Waals surface area (Å²) >= 11 is 1.53. The zero-order valence-corrected chi connectivity index (χ0v) is 11.5. The Balaban J connectivity index is 2.08. The summed E-state index contributed by atoms with van der Waals surface area (Å²) in [6.07, 6.45) is 0. The fourth-order valence-electron chi connectivity index (χ4n) is 1.63. The lowest BCUT2D eigenvalue weighted by Gasteiger charge is -2.08. The molecule has 0 saturated carbocycles. The van der Waals surface area contributed by atoms with Crippen LogP contribution in [0.15, 0.2) is 23.6 Å². The molecule has 1 heterocycles. The second-order valence-electron chi connectivity index (χ2n) is 3.90. The molecule has 0 unspecified atom stereocenters. The van der Waals surface area contributed by atoms with Gasteiger partial charge in [0.1, 0.15) is 0 Å². The average molecular weight is 278 g/mol. The molecule has 0 aliphatic carbocycles. The number of hydrogen-bond donors (Lipinski definition) is 2. The number of rotatable bonds is 4. The summed E-state index contributed by atoms with van der Waals surface area (Å²) in [4.78, 5) is 16.2. The van der Waals surface area contributed by atoms with E-state index in [9.17, 15) is 9.90 Å². The molecule has 0 atom stereocenters. The molecule has 0 saturated heterocycles. The van der Waals surface area contributed by atoms with Crippen LogP contribution in [0.2, 0.25) is 0 Å². The summed E-state index contributed by atoms with van der Waals surface area (Å²) < 4.78 is 4.96. The summed E-state index contributed by atoms with van der Waals surface area (Å²) in [6.45, 7) is 2.24. The minimum atomic E-state index is -0.359. The van der Waals surface area contributed by atoms with E-state index in [2.05, 4.69) is 10.3 Å². The number of aryl methyl sites for hydroxylation is 1. The van der Waals surface area contributed by atoms with E-state index in [0.717, 1.165) is 10.7 Å².